The van der Waals surface area contributed by atoms with Gasteiger partial charge < -0.3 is 4.98 Å². The van der Waals surface area contributed by atoms with Crippen LogP contribution in [-0.2, 0) is 23.0 Å². The number of nitrogens with zero attached hydrogens (tertiary/aromatic N) is 1. The fraction of sp³-hybridized carbons (Fsp3) is 0.222. The molecule has 1 N–H and O–H groups in total. The number of nitrogens with one attached hydrogen (secondary N) is 1. The molecule has 0 spiro atoms. The van der Waals surface area contributed by atoms with Crippen LogP contribution in [0.1, 0.15) is 16.8 Å². The molecular weight excluding hydrogens is 327 g/mol. The largest absolute Gasteiger partial charge is 0.358 e. The summed E-state index contributed by atoms with van der Waals surface area (Å²) in [5, 5.41) is 1.07. The van der Waals surface area contributed by atoms with Gasteiger partial charge in [0.05, 0.1) is 4.90 Å². The van der Waals surface area contributed by atoms with E-state index in [-0.39, 0.29) is 4.90 Å². The first-order valence-electron chi connectivity index (χ1n) is 7.81. The van der Waals surface area contributed by atoms with Crippen molar-refractivity contribution in [1.29, 1.82) is 0 Å². The van der Waals surface area contributed by atoms with Gasteiger partial charge in [0.2, 0.25) is 10.0 Å². The van der Waals surface area contributed by atoms with Gasteiger partial charge in [0.1, 0.15) is 5.82 Å². The Bertz CT molecular complexity index is 1020. The minimum atomic E-state index is -3.63. The average Bonchev–Trinajstić information content (AvgIpc) is 2.92. The van der Waals surface area contributed by atoms with Crippen LogP contribution < -0.4 is 0 Å². The van der Waals surface area contributed by atoms with E-state index in [0.29, 0.717) is 19.5 Å². The molecule has 1 aliphatic rings. The van der Waals surface area contributed by atoms with Crippen LogP contribution in [0.15, 0.2) is 47.4 Å². The Morgan fingerprint density at radius 3 is 2.62 bits per heavy atom. The van der Waals surface area contributed by atoms with Crippen molar-refractivity contribution in [3.05, 3.63) is 65.1 Å². The highest BCUT2D eigenvalue weighted by molar-refractivity contribution is 7.89. The van der Waals surface area contributed by atoms with Gasteiger partial charge in [-0.3, -0.25) is 0 Å². The highest BCUT2D eigenvalue weighted by Gasteiger charge is 2.30. The molecule has 0 amide bonds. The second-order valence-corrected chi connectivity index (χ2v) is 8.11. The van der Waals surface area contributed by atoms with Gasteiger partial charge in [-0.1, -0.05) is 11.6 Å². The van der Waals surface area contributed by atoms with Gasteiger partial charge in [0, 0.05) is 36.1 Å². The third-order valence-corrected chi connectivity index (χ3v) is 6.41. The second-order valence-electron chi connectivity index (χ2n) is 6.17. The average molecular weight is 344 g/mol. The first-order chi connectivity index (χ1) is 11.4. The second kappa shape index (κ2) is 5.43. The molecule has 0 fully saturated rings. The number of rotatable bonds is 2. The fourth-order valence-corrected chi connectivity index (χ4v) is 4.67. The van der Waals surface area contributed by atoms with Gasteiger partial charge in [-0.2, -0.15) is 4.31 Å². The number of fused-ring (bicyclic) bond motifs is 3. The summed E-state index contributed by atoms with van der Waals surface area (Å²) >= 11 is 0. The molecule has 0 aliphatic carbocycles. The van der Waals surface area contributed by atoms with Crippen molar-refractivity contribution in [3.63, 3.8) is 0 Å². The minimum absolute atomic E-state index is 0.128. The fourth-order valence-electron chi connectivity index (χ4n) is 3.26. The van der Waals surface area contributed by atoms with Crippen LogP contribution >= 0.6 is 0 Å². The number of aromatic nitrogens is 1. The Kier molecular flexibility index (Phi) is 3.47. The maximum Gasteiger partial charge on any atom is 0.243 e. The summed E-state index contributed by atoms with van der Waals surface area (Å²) in [4.78, 5) is 3.52. The molecule has 0 bridgehead atoms. The van der Waals surface area contributed by atoms with Gasteiger partial charge in [-0.25, -0.2) is 12.8 Å². The molecule has 3 aromatic rings. The van der Waals surface area contributed by atoms with Gasteiger partial charge in [-0.05, 0) is 48.9 Å². The van der Waals surface area contributed by atoms with Gasteiger partial charge in [0.25, 0.3) is 0 Å². The van der Waals surface area contributed by atoms with E-state index < -0.39 is 15.8 Å². The summed E-state index contributed by atoms with van der Waals surface area (Å²) in [6.07, 6.45) is 0.642. The number of aryl methyl sites for hydroxylation is 1. The zero-order valence-electron chi connectivity index (χ0n) is 13.2. The van der Waals surface area contributed by atoms with Gasteiger partial charge in [0.15, 0.2) is 0 Å². The quantitative estimate of drug-likeness (QED) is 0.775. The van der Waals surface area contributed by atoms with E-state index in [2.05, 4.69) is 11.1 Å². The number of hydrogen-bond donors (Lipinski definition) is 1. The number of aromatic amines is 1. The number of halogens is 1. The monoisotopic (exact) mass is 344 g/mol. The van der Waals surface area contributed by atoms with E-state index in [9.17, 15) is 12.8 Å². The van der Waals surface area contributed by atoms with Crippen molar-refractivity contribution in [2.24, 2.45) is 0 Å². The van der Waals surface area contributed by atoms with Crippen LogP contribution in [0.4, 0.5) is 4.39 Å². The molecule has 24 heavy (non-hydrogen) atoms. The Morgan fingerprint density at radius 2 is 1.88 bits per heavy atom. The lowest BCUT2D eigenvalue weighted by molar-refractivity contribution is 0.391. The maximum absolute atomic E-state index is 13.1. The predicted octanol–water partition coefficient (Wildman–Crippen LogP) is 3.36. The molecule has 1 aliphatic heterocycles. The lowest BCUT2D eigenvalue weighted by atomic mass is 10.0. The third-order valence-electron chi connectivity index (χ3n) is 4.55. The highest BCUT2D eigenvalue weighted by Crippen LogP contribution is 2.31. The van der Waals surface area contributed by atoms with Crippen molar-refractivity contribution >= 4 is 20.9 Å². The topological polar surface area (TPSA) is 53.2 Å². The summed E-state index contributed by atoms with van der Waals surface area (Å²) in [6.45, 7) is 2.77. The third kappa shape index (κ3) is 2.42. The Morgan fingerprint density at radius 1 is 1.12 bits per heavy atom. The van der Waals surface area contributed by atoms with Crippen LogP contribution in [0.2, 0.25) is 0 Å². The summed E-state index contributed by atoms with van der Waals surface area (Å²) in [5.41, 5.74) is 4.31. The Balaban J connectivity index is 1.74. The summed E-state index contributed by atoms with van der Waals surface area (Å²) in [7, 11) is -3.63. The van der Waals surface area contributed by atoms with E-state index in [1.807, 2.05) is 19.1 Å². The van der Waals surface area contributed by atoms with Crippen molar-refractivity contribution in [2.45, 2.75) is 24.8 Å². The molecule has 0 atom stereocenters. The molecular formula is C18H17FN2O2S. The van der Waals surface area contributed by atoms with Gasteiger partial charge in [-0.15, -0.1) is 0 Å². The molecule has 4 nitrogen and oxygen atoms in total. The standard InChI is InChI=1S/C18H17FN2O2S/c1-12-2-7-17-15(10-12)16-11-21(9-8-18(16)20-17)24(22,23)14-5-3-13(19)4-6-14/h2-7,10,20H,8-9,11H2,1H3. The molecule has 0 saturated heterocycles. The molecule has 6 heteroatoms. The summed E-state index contributed by atoms with van der Waals surface area (Å²) in [6, 6.07) is 11.1. The molecule has 2 aromatic carbocycles. The van der Waals surface area contributed by atoms with Crippen molar-refractivity contribution in [2.75, 3.05) is 6.54 Å². The molecule has 0 radical (unpaired) electrons. The van der Waals surface area contributed by atoms with Crippen LogP contribution in [-0.4, -0.2) is 24.3 Å². The maximum atomic E-state index is 13.1. The van der Waals surface area contributed by atoms with Crippen LogP contribution in [0, 0.1) is 12.7 Å². The van der Waals surface area contributed by atoms with Crippen LogP contribution in [0.25, 0.3) is 10.9 Å². The van der Waals surface area contributed by atoms with E-state index >= 15 is 0 Å². The van der Waals surface area contributed by atoms with Crippen molar-refractivity contribution in [3.8, 4) is 0 Å². The lowest BCUT2D eigenvalue weighted by Gasteiger charge is -2.26. The number of benzene rings is 2. The number of sulfonamides is 1. The van der Waals surface area contributed by atoms with Crippen LogP contribution in [0.5, 0.6) is 0 Å². The Labute approximate surface area is 140 Å². The van der Waals surface area contributed by atoms with E-state index in [0.717, 1.165) is 27.7 Å². The predicted molar refractivity (Wildman–Crippen MR) is 90.7 cm³/mol. The van der Waals surface area contributed by atoms with Crippen LogP contribution in [0.3, 0.4) is 0 Å². The molecule has 4 rings (SSSR count). The lowest BCUT2D eigenvalue weighted by Crippen LogP contribution is -2.35. The first-order valence-corrected chi connectivity index (χ1v) is 9.25. The Hall–Kier alpha value is -2.18. The van der Waals surface area contributed by atoms with Gasteiger partial charge >= 0.3 is 0 Å². The zero-order valence-corrected chi connectivity index (χ0v) is 14.0. The summed E-state index contributed by atoms with van der Waals surface area (Å²) in [5.74, 6) is -0.443. The summed E-state index contributed by atoms with van der Waals surface area (Å²) < 4.78 is 40.2. The minimum Gasteiger partial charge on any atom is -0.358 e. The van der Waals surface area contributed by atoms with Crippen molar-refractivity contribution < 1.29 is 12.8 Å². The van der Waals surface area contributed by atoms with E-state index in [4.69, 9.17) is 0 Å². The highest BCUT2D eigenvalue weighted by atomic mass is 32.2. The number of H-pyrrole nitrogens is 1. The number of hydrogen-bond acceptors (Lipinski definition) is 2. The van der Waals surface area contributed by atoms with E-state index in [1.54, 1.807) is 0 Å². The first kappa shape index (κ1) is 15.4. The normalized spacial score (nSPS) is 15.6. The molecule has 124 valence electrons. The van der Waals surface area contributed by atoms with Crippen molar-refractivity contribution in [1.82, 2.24) is 9.29 Å². The molecule has 1 aromatic heterocycles. The molecule has 2 heterocycles. The zero-order chi connectivity index (χ0) is 16.9. The molecule has 0 saturated carbocycles. The SMILES string of the molecule is Cc1ccc2[nH]c3c(c2c1)CN(S(=O)(=O)c1ccc(F)cc1)CC3. The van der Waals surface area contributed by atoms with E-state index in [1.165, 1.54) is 28.6 Å². The smallest absolute Gasteiger partial charge is 0.243 e. The molecule has 0 unspecified atom stereocenters.